The van der Waals surface area contributed by atoms with E-state index in [-0.39, 0.29) is 35.7 Å². The first kappa shape index (κ1) is 35.0. The number of aromatic nitrogens is 3. The molecule has 5 N–H and O–H groups in total. The number of thioether (sulfide) groups is 1. The van der Waals surface area contributed by atoms with Gasteiger partial charge in [-0.15, -0.1) is 16.9 Å². The van der Waals surface area contributed by atoms with E-state index in [1.807, 2.05) is 6.07 Å². The van der Waals surface area contributed by atoms with E-state index in [0.717, 1.165) is 11.8 Å². The number of carboxylic acid groups (broad SMARTS) is 2. The second-order valence-electron chi connectivity index (χ2n) is 12.7. The molecule has 3 saturated heterocycles. The molecular weight excluding hydrogens is 672 g/mol. The molecule has 4 fully saturated rings. The van der Waals surface area contributed by atoms with Crippen LogP contribution in [0.3, 0.4) is 0 Å². The number of fused-ring (bicyclic) bond motifs is 2. The van der Waals surface area contributed by atoms with E-state index in [4.69, 9.17) is 5.73 Å². The summed E-state index contributed by atoms with van der Waals surface area (Å²) in [6, 6.07) is 6.38. The number of β-lactam (4-membered cyclic amide) rings is 1. The van der Waals surface area contributed by atoms with Crippen molar-refractivity contribution in [3.05, 3.63) is 47.8 Å². The fourth-order valence-electron chi connectivity index (χ4n) is 6.81. The first-order valence-corrected chi connectivity index (χ1v) is 17.1. The minimum absolute atomic E-state index is 0.123. The Kier molecular flexibility index (Phi) is 8.93. The summed E-state index contributed by atoms with van der Waals surface area (Å²) in [6.07, 6.45) is 1.03. The van der Waals surface area contributed by atoms with Gasteiger partial charge < -0.3 is 30.9 Å². The normalized spacial score (nSPS) is 31.1. The van der Waals surface area contributed by atoms with E-state index >= 15 is 0 Å². The number of esters is 1. The number of methoxy groups -OCH3 is 1. The van der Waals surface area contributed by atoms with Crippen LogP contribution >= 0.6 is 11.8 Å². The fraction of sp³-hybridized carbons (Fsp3) is 0.517. The zero-order valence-electron chi connectivity index (χ0n) is 26.2. The van der Waals surface area contributed by atoms with Gasteiger partial charge >= 0.3 is 17.9 Å². The minimum atomic E-state index is -3.88. The number of carboxylic acids is 2. The Morgan fingerprint density at radius 3 is 2.33 bits per heavy atom. The highest BCUT2D eigenvalue weighted by Gasteiger charge is 2.71. The number of rotatable bonds is 8. The highest BCUT2D eigenvalue weighted by Crippen LogP contribution is 2.54. The van der Waals surface area contributed by atoms with Gasteiger partial charge in [-0.05, 0) is 26.3 Å². The third-order valence-electron chi connectivity index (χ3n) is 9.33. The summed E-state index contributed by atoms with van der Waals surface area (Å²) in [4.78, 5) is 72.3. The molecule has 6 rings (SSSR count). The van der Waals surface area contributed by atoms with Crippen molar-refractivity contribution in [3.8, 4) is 0 Å². The molecule has 4 aliphatic rings. The number of nitrogens with one attached hydrogen (secondary N) is 1. The molecule has 1 aliphatic carbocycles. The topological polar surface area (TPSA) is 258 Å². The highest BCUT2D eigenvalue weighted by atomic mass is 32.2. The van der Waals surface area contributed by atoms with Gasteiger partial charge in [0, 0.05) is 17.1 Å². The summed E-state index contributed by atoms with van der Waals surface area (Å²) in [6.45, 7) is 4.55. The van der Waals surface area contributed by atoms with Crippen LogP contribution in [0.25, 0.3) is 0 Å². The van der Waals surface area contributed by atoms with Crippen LogP contribution in [0.15, 0.2) is 36.5 Å². The van der Waals surface area contributed by atoms with Crippen LogP contribution in [0.2, 0.25) is 0 Å². The lowest BCUT2D eigenvalue weighted by Crippen LogP contribution is -2.71. The molecule has 0 bridgehead atoms. The molecule has 0 spiro atoms. The summed E-state index contributed by atoms with van der Waals surface area (Å²) in [5.41, 5.74) is 6.47. The average molecular weight is 707 g/mol. The number of nitrogens with two attached hydrogens (primary N) is 1. The number of ether oxygens (including phenoxy) is 1. The van der Waals surface area contributed by atoms with Crippen LogP contribution in [0, 0.1) is 11.8 Å². The first-order valence-electron chi connectivity index (χ1n) is 14.7. The van der Waals surface area contributed by atoms with Crippen molar-refractivity contribution >= 4 is 57.1 Å². The number of hydrogen-bond acceptors (Lipinski definition) is 13. The molecule has 3 aliphatic heterocycles. The molecule has 3 unspecified atom stereocenters. The summed E-state index contributed by atoms with van der Waals surface area (Å²) >= 11 is 1.38. The molecule has 1 aromatic carbocycles. The number of ketones is 1. The van der Waals surface area contributed by atoms with Crippen LogP contribution in [0.1, 0.15) is 49.3 Å². The summed E-state index contributed by atoms with van der Waals surface area (Å²) < 4.78 is 28.8. The molecule has 258 valence electrons. The van der Waals surface area contributed by atoms with Gasteiger partial charge in [-0.2, -0.15) is 0 Å². The summed E-state index contributed by atoms with van der Waals surface area (Å²) in [7, 11) is -2.72. The SMILES string of the molecule is CC1(C)S[C@@H]2[C@H](NC(=O)C(N)c3ccccc3)C(=O)N2[C@H]1C(=O)O.COC(=O)c1cn(C[C@@]2(C)[C@H](C(=O)O)C3C(=O)CC3S2(=O)=O)nn1. The smallest absolute Gasteiger partial charge is 0.360 e. The molecule has 2 amide bonds. The predicted octanol–water partition coefficient (Wildman–Crippen LogP) is -0.772. The number of carbonyl (C=O) groups is 6. The second-order valence-corrected chi connectivity index (χ2v) is 17.1. The van der Waals surface area contributed by atoms with Crippen LogP contribution < -0.4 is 11.1 Å². The molecular formula is C29H34N6O11S2. The molecule has 48 heavy (non-hydrogen) atoms. The Morgan fingerprint density at radius 1 is 1.12 bits per heavy atom. The van der Waals surface area contributed by atoms with E-state index < -0.39 is 78.4 Å². The van der Waals surface area contributed by atoms with Gasteiger partial charge in [-0.25, -0.2) is 18.0 Å². The highest BCUT2D eigenvalue weighted by molar-refractivity contribution is 8.01. The van der Waals surface area contributed by atoms with E-state index in [9.17, 15) is 47.4 Å². The number of hydrogen-bond donors (Lipinski definition) is 4. The summed E-state index contributed by atoms with van der Waals surface area (Å²) in [5.74, 6) is -6.68. The average Bonchev–Trinajstić information content (AvgIpc) is 3.63. The second kappa shape index (κ2) is 12.3. The van der Waals surface area contributed by atoms with E-state index in [2.05, 4.69) is 20.4 Å². The quantitative estimate of drug-likeness (QED) is 0.194. The zero-order chi connectivity index (χ0) is 35.5. The van der Waals surface area contributed by atoms with Crippen LogP contribution in [0.5, 0.6) is 0 Å². The maximum atomic E-state index is 12.8. The Balaban J connectivity index is 0.000000188. The molecule has 2 aromatic rings. The van der Waals surface area contributed by atoms with Gasteiger partial charge in [0.1, 0.15) is 34.0 Å². The largest absolute Gasteiger partial charge is 0.481 e. The molecule has 0 radical (unpaired) electrons. The van der Waals surface area contributed by atoms with Crippen molar-refractivity contribution in [2.24, 2.45) is 17.6 Å². The molecule has 1 saturated carbocycles. The van der Waals surface area contributed by atoms with Gasteiger partial charge in [0.25, 0.3) is 0 Å². The molecule has 4 heterocycles. The number of amides is 2. The number of sulfone groups is 1. The number of aliphatic carboxylic acids is 2. The van der Waals surface area contributed by atoms with Crippen molar-refractivity contribution < 1.29 is 52.1 Å². The Hall–Kier alpha value is -4.36. The van der Waals surface area contributed by atoms with E-state index in [1.54, 1.807) is 38.1 Å². The third kappa shape index (κ3) is 5.52. The number of nitrogens with zero attached hydrogens (tertiary/aromatic N) is 4. The van der Waals surface area contributed by atoms with Crippen molar-refractivity contribution in [3.63, 3.8) is 0 Å². The molecule has 8 atom stereocenters. The maximum absolute atomic E-state index is 12.8. The third-order valence-corrected chi connectivity index (χ3v) is 13.8. The van der Waals surface area contributed by atoms with Crippen molar-refractivity contribution in [2.75, 3.05) is 7.11 Å². The first-order chi connectivity index (χ1) is 22.4. The Morgan fingerprint density at radius 2 is 1.77 bits per heavy atom. The van der Waals surface area contributed by atoms with Crippen molar-refractivity contribution in [2.45, 2.75) is 72.0 Å². The predicted molar refractivity (Wildman–Crippen MR) is 166 cm³/mol. The lowest BCUT2D eigenvalue weighted by molar-refractivity contribution is -0.161. The lowest BCUT2D eigenvalue weighted by Gasteiger charge is -2.43. The van der Waals surface area contributed by atoms with Gasteiger partial charge in [0.05, 0.1) is 31.0 Å². The van der Waals surface area contributed by atoms with Gasteiger partial charge in [0.15, 0.2) is 15.5 Å². The number of carbonyl (C=O) groups excluding carboxylic acids is 4. The molecule has 19 heteroatoms. The van der Waals surface area contributed by atoms with Gasteiger partial charge in [-0.1, -0.05) is 35.5 Å². The molecule has 17 nitrogen and oxygen atoms in total. The van der Waals surface area contributed by atoms with Crippen LogP contribution in [-0.4, -0.2) is 113 Å². The van der Waals surface area contributed by atoms with Gasteiger partial charge in [-0.3, -0.25) is 23.9 Å². The lowest BCUT2D eigenvalue weighted by atomic mass is 9.70. The summed E-state index contributed by atoms with van der Waals surface area (Å²) in [5, 5.41) is 27.4. The maximum Gasteiger partial charge on any atom is 0.360 e. The van der Waals surface area contributed by atoms with E-state index in [1.165, 1.54) is 29.8 Å². The standard InChI is InChI=1S/C16H19N3O4S.C13H15N3O7S/c1-16(2)11(15(22)23)19-13(21)10(14(19)24-16)18-12(20)9(17)8-6-4-3-5-7-8;1-13(5-16-4-6(14-15-16)12(20)23-2)10(11(18)19)9-7(17)3-8(9)24(13,21)22/h3-7,9-11,14H,17H2,1-2H3,(H,18,20)(H,22,23);4,8-10H,3,5H2,1-2H3,(H,18,19)/t9?,10-,11+,14-;8?,9?,10-,13-/m10/s1. The van der Waals surface area contributed by atoms with Crippen molar-refractivity contribution in [1.82, 2.24) is 25.2 Å². The number of Topliss-reactive ketones (excluding diaryl/α,β-unsaturated/α-hetero) is 1. The number of benzene rings is 1. The van der Waals surface area contributed by atoms with E-state index in [0.29, 0.717) is 5.56 Å². The monoisotopic (exact) mass is 706 g/mol. The van der Waals surface area contributed by atoms with Crippen LogP contribution in [-0.2, 0) is 45.1 Å². The fourth-order valence-corrected chi connectivity index (χ4v) is 11.1. The molecule has 1 aromatic heterocycles. The van der Waals surface area contributed by atoms with Crippen molar-refractivity contribution in [1.29, 1.82) is 0 Å². The zero-order valence-corrected chi connectivity index (χ0v) is 27.8. The van der Waals surface area contributed by atoms with Crippen LogP contribution in [0.4, 0.5) is 0 Å². The Labute approximate surface area is 278 Å². The minimum Gasteiger partial charge on any atom is -0.481 e. The Bertz CT molecular complexity index is 1800. The van der Waals surface area contributed by atoms with Gasteiger partial charge in [0.2, 0.25) is 11.8 Å².